The maximum absolute atomic E-state index is 13.3. The molecular weight excluding hydrogens is 333 g/mol. The van der Waals surface area contributed by atoms with Gasteiger partial charge in [0.05, 0.1) is 0 Å². The van der Waals surface area contributed by atoms with Gasteiger partial charge in [-0.2, -0.15) is 0 Å². The Bertz CT molecular complexity index is 1180. The molecule has 0 aliphatic carbocycles. The summed E-state index contributed by atoms with van der Waals surface area (Å²) in [7, 11) is -3.71. The van der Waals surface area contributed by atoms with Crippen LogP contribution >= 0.6 is 0 Å². The van der Waals surface area contributed by atoms with E-state index in [2.05, 4.69) is 9.97 Å². The molecule has 4 aromatic rings. The number of hydrogen-bond donors (Lipinski definition) is 2. The largest absolute Gasteiger partial charge is 0.440 e. The van der Waals surface area contributed by atoms with Gasteiger partial charge in [0.25, 0.3) is 0 Å². The lowest BCUT2D eigenvalue weighted by molar-refractivity contribution is 0.540. The first-order valence-electron chi connectivity index (χ1n) is 7.06. The summed E-state index contributed by atoms with van der Waals surface area (Å²) in [5, 5.41) is 5.88. The molecule has 0 radical (unpaired) electrons. The molecule has 6 nitrogen and oxygen atoms in total. The predicted molar refractivity (Wildman–Crippen MR) is 88.1 cm³/mol. The fourth-order valence-corrected chi connectivity index (χ4v) is 3.18. The summed E-state index contributed by atoms with van der Waals surface area (Å²) >= 11 is 0. The zero-order valence-corrected chi connectivity index (χ0v) is 13.1. The average Bonchev–Trinajstić information content (AvgIpc) is 3.06. The number of oxazole rings is 1. The molecule has 0 bridgehead atoms. The first kappa shape index (κ1) is 14.9. The van der Waals surface area contributed by atoms with Crippen molar-refractivity contribution in [1.29, 1.82) is 0 Å². The monoisotopic (exact) mass is 345 g/mol. The van der Waals surface area contributed by atoms with E-state index >= 15 is 0 Å². The molecule has 2 aromatic heterocycles. The third kappa shape index (κ3) is 2.66. The van der Waals surface area contributed by atoms with Gasteiger partial charge in [-0.3, -0.25) is 0 Å². The van der Waals surface area contributed by atoms with Crippen molar-refractivity contribution in [1.82, 2.24) is 9.97 Å². The third-order valence-corrected chi connectivity index (χ3v) is 4.36. The van der Waals surface area contributed by atoms with E-state index in [9.17, 15) is 12.8 Å². The molecule has 0 saturated heterocycles. The maximum atomic E-state index is 13.3. The molecule has 0 amide bonds. The normalized spacial score (nSPS) is 12.2. The number of nitrogens with zero attached hydrogens (tertiary/aromatic N) is 1. The molecule has 122 valence electrons. The molecule has 2 aromatic carbocycles. The van der Waals surface area contributed by atoms with Crippen molar-refractivity contribution in [3.63, 3.8) is 0 Å². The van der Waals surface area contributed by atoms with E-state index in [1.54, 1.807) is 24.4 Å². The van der Waals surface area contributed by atoms with E-state index in [0.29, 0.717) is 16.6 Å². The Morgan fingerprint density at radius 1 is 1.21 bits per heavy atom. The van der Waals surface area contributed by atoms with E-state index in [4.69, 9.17) is 9.56 Å². The van der Waals surface area contributed by atoms with Gasteiger partial charge < -0.3 is 9.40 Å². The lowest BCUT2D eigenvalue weighted by atomic mass is 10.0. The van der Waals surface area contributed by atoms with Crippen LogP contribution in [-0.4, -0.2) is 18.4 Å². The Morgan fingerprint density at radius 2 is 2.04 bits per heavy atom. The number of rotatable bonds is 3. The van der Waals surface area contributed by atoms with E-state index in [1.165, 1.54) is 12.1 Å². The zero-order valence-electron chi connectivity index (χ0n) is 12.3. The van der Waals surface area contributed by atoms with Crippen molar-refractivity contribution in [3.05, 3.63) is 54.3 Å². The molecule has 0 unspecified atom stereocenters. The van der Waals surface area contributed by atoms with Crippen molar-refractivity contribution in [3.8, 4) is 11.1 Å². The highest BCUT2D eigenvalue weighted by Crippen LogP contribution is 2.31. The number of fused-ring (bicyclic) bond motifs is 2. The Morgan fingerprint density at radius 3 is 2.83 bits per heavy atom. The average molecular weight is 345 g/mol. The minimum atomic E-state index is -3.71. The highest BCUT2D eigenvalue weighted by Gasteiger charge is 2.14. The summed E-state index contributed by atoms with van der Waals surface area (Å²) in [6.07, 6.45) is 1.78. The standard InChI is InChI=1S/C16H12FN3O3S/c17-10-2-3-11-12(7-19-14(11)6-10)9-1-4-13-15(5-9)23-16(20-13)8-24(18,21)22/h1-7,19H,8H2,(H2,18,21,22). The van der Waals surface area contributed by atoms with E-state index in [-0.39, 0.29) is 11.7 Å². The number of nitrogens with two attached hydrogens (primary N) is 1. The van der Waals surface area contributed by atoms with Gasteiger partial charge in [-0.1, -0.05) is 6.07 Å². The molecule has 0 atom stereocenters. The molecule has 0 spiro atoms. The molecule has 0 aliphatic rings. The second kappa shape index (κ2) is 5.15. The van der Waals surface area contributed by atoms with Crippen molar-refractivity contribution in [2.24, 2.45) is 5.14 Å². The summed E-state index contributed by atoms with van der Waals surface area (Å²) < 4.78 is 41.1. The van der Waals surface area contributed by atoms with Gasteiger partial charge in [0.2, 0.25) is 15.9 Å². The number of halogens is 1. The number of hydrogen-bond acceptors (Lipinski definition) is 4. The predicted octanol–water partition coefficient (Wildman–Crippen LogP) is 2.90. The van der Waals surface area contributed by atoms with Gasteiger partial charge in [0.15, 0.2) is 5.58 Å². The molecular formula is C16H12FN3O3S. The number of sulfonamides is 1. The van der Waals surface area contributed by atoms with Gasteiger partial charge in [-0.15, -0.1) is 0 Å². The van der Waals surface area contributed by atoms with Gasteiger partial charge in [0, 0.05) is 22.7 Å². The number of benzene rings is 2. The quantitative estimate of drug-likeness (QED) is 0.596. The van der Waals surface area contributed by atoms with Gasteiger partial charge in [-0.05, 0) is 35.9 Å². The van der Waals surface area contributed by atoms with Crippen LogP contribution in [0.1, 0.15) is 5.89 Å². The minimum Gasteiger partial charge on any atom is -0.440 e. The zero-order chi connectivity index (χ0) is 16.9. The summed E-state index contributed by atoms with van der Waals surface area (Å²) in [4.78, 5) is 7.14. The lowest BCUT2D eigenvalue weighted by Gasteiger charge is -1.99. The SMILES string of the molecule is NS(=O)(=O)Cc1nc2ccc(-c3c[nH]c4cc(F)ccc34)cc2o1. The van der Waals surface area contributed by atoms with Crippen LogP contribution in [-0.2, 0) is 15.8 Å². The lowest BCUT2D eigenvalue weighted by Crippen LogP contribution is -2.14. The highest BCUT2D eigenvalue weighted by molar-refractivity contribution is 7.88. The first-order valence-corrected chi connectivity index (χ1v) is 8.77. The van der Waals surface area contributed by atoms with Crippen LogP contribution in [0.3, 0.4) is 0 Å². The number of nitrogens with one attached hydrogen (secondary N) is 1. The van der Waals surface area contributed by atoms with Crippen LogP contribution in [0.15, 0.2) is 47.0 Å². The second-order valence-corrected chi connectivity index (χ2v) is 7.10. The highest BCUT2D eigenvalue weighted by atomic mass is 32.2. The molecule has 2 heterocycles. The topological polar surface area (TPSA) is 102 Å². The van der Waals surface area contributed by atoms with Crippen molar-refractivity contribution in [2.75, 3.05) is 0 Å². The summed E-state index contributed by atoms with van der Waals surface area (Å²) in [5.41, 5.74) is 3.43. The third-order valence-electron chi connectivity index (χ3n) is 3.71. The fraction of sp³-hybridized carbons (Fsp3) is 0.0625. The summed E-state index contributed by atoms with van der Waals surface area (Å²) in [6.45, 7) is 0. The van der Waals surface area contributed by atoms with Crippen molar-refractivity contribution >= 4 is 32.0 Å². The number of aromatic nitrogens is 2. The van der Waals surface area contributed by atoms with Gasteiger partial charge in [0.1, 0.15) is 17.1 Å². The van der Waals surface area contributed by atoms with E-state index in [0.717, 1.165) is 16.5 Å². The van der Waals surface area contributed by atoms with Crippen molar-refractivity contribution in [2.45, 2.75) is 5.75 Å². The van der Waals surface area contributed by atoms with Crippen LogP contribution in [0.4, 0.5) is 4.39 Å². The minimum absolute atomic E-state index is 0.0469. The Kier molecular flexibility index (Phi) is 3.19. The van der Waals surface area contributed by atoms with Crippen LogP contribution in [0.25, 0.3) is 33.1 Å². The van der Waals surface area contributed by atoms with Crippen LogP contribution < -0.4 is 5.14 Å². The maximum Gasteiger partial charge on any atom is 0.218 e. The Hall–Kier alpha value is -2.71. The number of aromatic amines is 1. The number of primary sulfonamides is 1. The molecule has 0 fully saturated rings. The van der Waals surface area contributed by atoms with Crippen LogP contribution in [0, 0.1) is 5.82 Å². The summed E-state index contributed by atoms with van der Waals surface area (Å²) in [6, 6.07) is 9.88. The van der Waals surface area contributed by atoms with E-state index < -0.39 is 15.8 Å². The Labute approximate surface area is 136 Å². The molecule has 24 heavy (non-hydrogen) atoms. The molecule has 8 heteroatoms. The molecule has 0 aliphatic heterocycles. The second-order valence-electron chi connectivity index (χ2n) is 5.49. The molecule has 3 N–H and O–H groups in total. The van der Waals surface area contributed by atoms with Crippen LogP contribution in [0.5, 0.6) is 0 Å². The Balaban J connectivity index is 1.81. The van der Waals surface area contributed by atoms with Crippen LogP contribution in [0.2, 0.25) is 0 Å². The summed E-state index contributed by atoms with van der Waals surface area (Å²) in [5.74, 6) is -0.719. The fourth-order valence-electron chi connectivity index (χ4n) is 2.71. The number of H-pyrrole nitrogens is 1. The van der Waals surface area contributed by atoms with Crippen molar-refractivity contribution < 1.29 is 17.2 Å². The van der Waals surface area contributed by atoms with Gasteiger partial charge >= 0.3 is 0 Å². The van der Waals surface area contributed by atoms with E-state index in [1.807, 2.05) is 6.07 Å². The van der Waals surface area contributed by atoms with Gasteiger partial charge in [-0.25, -0.2) is 22.9 Å². The molecule has 4 rings (SSSR count). The smallest absolute Gasteiger partial charge is 0.218 e. The molecule has 0 saturated carbocycles. The first-order chi connectivity index (χ1) is 11.4.